The van der Waals surface area contributed by atoms with E-state index in [4.69, 9.17) is 15.6 Å². The summed E-state index contributed by atoms with van der Waals surface area (Å²) >= 11 is 0. The fourth-order valence-corrected chi connectivity index (χ4v) is 1.59. The minimum absolute atomic E-state index is 0.478. The summed E-state index contributed by atoms with van der Waals surface area (Å²) in [5.74, 6) is -0.427. The molecule has 88 valence electrons. The summed E-state index contributed by atoms with van der Waals surface area (Å²) in [6.45, 7) is 0. The first-order valence-electron chi connectivity index (χ1n) is 4.90. The van der Waals surface area contributed by atoms with Crippen LogP contribution in [0.4, 0.5) is 0 Å². The Hall–Kier alpha value is -1.59. The van der Waals surface area contributed by atoms with Crippen molar-refractivity contribution in [3.05, 3.63) is 29.8 Å². The SMILES string of the molecule is CNC(c1ccccc1OC)C(N)C(=O)O. The Morgan fingerprint density at radius 2 is 2.12 bits per heavy atom. The van der Waals surface area contributed by atoms with Crippen LogP contribution in [0.2, 0.25) is 0 Å². The molecule has 0 aromatic heterocycles. The molecule has 0 aliphatic heterocycles. The van der Waals surface area contributed by atoms with E-state index in [1.54, 1.807) is 19.2 Å². The third kappa shape index (κ3) is 2.50. The number of hydrogen-bond acceptors (Lipinski definition) is 4. The van der Waals surface area contributed by atoms with Crippen LogP contribution in [0.15, 0.2) is 24.3 Å². The Bertz CT molecular complexity index is 368. The Morgan fingerprint density at radius 1 is 1.50 bits per heavy atom. The molecule has 1 rings (SSSR count). The van der Waals surface area contributed by atoms with E-state index in [2.05, 4.69) is 5.32 Å². The number of carbonyl (C=O) groups is 1. The number of carboxylic acid groups (broad SMARTS) is 1. The molecule has 5 heteroatoms. The number of rotatable bonds is 5. The van der Waals surface area contributed by atoms with Crippen LogP contribution in [0.5, 0.6) is 5.75 Å². The van der Waals surface area contributed by atoms with E-state index in [0.29, 0.717) is 5.75 Å². The maximum absolute atomic E-state index is 10.9. The van der Waals surface area contributed by atoms with Crippen molar-refractivity contribution < 1.29 is 14.6 Å². The van der Waals surface area contributed by atoms with Gasteiger partial charge < -0.3 is 20.9 Å². The van der Waals surface area contributed by atoms with Gasteiger partial charge in [-0.2, -0.15) is 0 Å². The van der Waals surface area contributed by atoms with E-state index in [-0.39, 0.29) is 0 Å². The molecule has 16 heavy (non-hydrogen) atoms. The molecule has 0 aliphatic carbocycles. The topological polar surface area (TPSA) is 84.6 Å². The Morgan fingerprint density at radius 3 is 2.62 bits per heavy atom. The molecule has 2 atom stereocenters. The van der Waals surface area contributed by atoms with Gasteiger partial charge in [0.25, 0.3) is 0 Å². The van der Waals surface area contributed by atoms with Crippen LogP contribution in [0.3, 0.4) is 0 Å². The first-order chi connectivity index (χ1) is 7.61. The fourth-order valence-electron chi connectivity index (χ4n) is 1.59. The number of nitrogens with two attached hydrogens (primary N) is 1. The van der Waals surface area contributed by atoms with E-state index >= 15 is 0 Å². The minimum Gasteiger partial charge on any atom is -0.496 e. The van der Waals surface area contributed by atoms with Gasteiger partial charge in [0.2, 0.25) is 0 Å². The fraction of sp³-hybridized carbons (Fsp3) is 0.364. The molecule has 0 aliphatic rings. The zero-order valence-corrected chi connectivity index (χ0v) is 9.31. The smallest absolute Gasteiger partial charge is 0.322 e. The third-order valence-electron chi connectivity index (χ3n) is 2.43. The molecule has 0 spiro atoms. The molecule has 0 fully saturated rings. The molecule has 1 aromatic carbocycles. The molecule has 0 radical (unpaired) electrons. The lowest BCUT2D eigenvalue weighted by Gasteiger charge is -2.22. The van der Waals surface area contributed by atoms with Gasteiger partial charge in [0, 0.05) is 5.56 Å². The van der Waals surface area contributed by atoms with Crippen molar-refractivity contribution >= 4 is 5.97 Å². The normalized spacial score (nSPS) is 14.2. The number of aliphatic carboxylic acids is 1. The highest BCUT2D eigenvalue weighted by atomic mass is 16.5. The van der Waals surface area contributed by atoms with Gasteiger partial charge in [-0.15, -0.1) is 0 Å². The summed E-state index contributed by atoms with van der Waals surface area (Å²) in [5, 5.41) is 11.8. The number of ether oxygens (including phenoxy) is 1. The number of benzene rings is 1. The number of nitrogens with one attached hydrogen (secondary N) is 1. The van der Waals surface area contributed by atoms with E-state index in [1.165, 1.54) is 7.11 Å². The highest BCUT2D eigenvalue weighted by Gasteiger charge is 2.26. The molecule has 0 bridgehead atoms. The largest absolute Gasteiger partial charge is 0.496 e. The van der Waals surface area contributed by atoms with E-state index in [0.717, 1.165) is 5.56 Å². The van der Waals surface area contributed by atoms with Gasteiger partial charge in [-0.25, -0.2) is 0 Å². The van der Waals surface area contributed by atoms with Crippen LogP contribution in [0, 0.1) is 0 Å². The molecule has 5 nitrogen and oxygen atoms in total. The number of para-hydroxylation sites is 1. The Balaban J connectivity index is 3.07. The summed E-state index contributed by atoms with van der Waals surface area (Å²) < 4.78 is 5.17. The van der Waals surface area contributed by atoms with Crippen molar-refractivity contribution in [2.24, 2.45) is 5.73 Å². The van der Waals surface area contributed by atoms with E-state index < -0.39 is 18.1 Å². The second-order valence-corrected chi connectivity index (χ2v) is 3.37. The number of likely N-dealkylation sites (N-methyl/N-ethyl adjacent to an activating group) is 1. The van der Waals surface area contributed by atoms with Crippen LogP contribution in [-0.4, -0.2) is 31.3 Å². The Labute approximate surface area is 94.2 Å². The zero-order valence-electron chi connectivity index (χ0n) is 9.31. The lowest BCUT2D eigenvalue weighted by molar-refractivity contribution is -0.139. The molecule has 2 unspecified atom stereocenters. The first kappa shape index (κ1) is 12.5. The highest BCUT2D eigenvalue weighted by molar-refractivity contribution is 5.74. The molecule has 0 amide bonds. The summed E-state index contributed by atoms with van der Waals surface area (Å²) in [5.41, 5.74) is 6.35. The summed E-state index contributed by atoms with van der Waals surface area (Å²) in [4.78, 5) is 10.9. The van der Waals surface area contributed by atoms with Gasteiger partial charge in [-0.1, -0.05) is 18.2 Å². The predicted molar refractivity (Wildman–Crippen MR) is 60.4 cm³/mol. The van der Waals surface area contributed by atoms with Gasteiger partial charge in [0.15, 0.2) is 0 Å². The van der Waals surface area contributed by atoms with Gasteiger partial charge in [0.1, 0.15) is 11.8 Å². The van der Waals surface area contributed by atoms with Crippen molar-refractivity contribution in [1.29, 1.82) is 0 Å². The maximum atomic E-state index is 10.9. The van der Waals surface area contributed by atoms with Crippen molar-refractivity contribution in [2.75, 3.05) is 14.2 Å². The van der Waals surface area contributed by atoms with Gasteiger partial charge in [0.05, 0.1) is 13.2 Å². The second kappa shape index (κ2) is 5.48. The van der Waals surface area contributed by atoms with Gasteiger partial charge in [-0.05, 0) is 13.1 Å². The summed E-state index contributed by atoms with van der Waals surface area (Å²) in [6, 6.07) is 5.71. The molecule has 1 aromatic rings. The second-order valence-electron chi connectivity index (χ2n) is 3.37. The van der Waals surface area contributed by atoms with Gasteiger partial charge >= 0.3 is 5.97 Å². The Kier molecular flexibility index (Phi) is 4.28. The zero-order chi connectivity index (χ0) is 12.1. The van der Waals surface area contributed by atoms with Crippen LogP contribution in [0.1, 0.15) is 11.6 Å². The molecule has 0 saturated carbocycles. The number of carboxylic acids is 1. The van der Waals surface area contributed by atoms with Crippen molar-refractivity contribution in [2.45, 2.75) is 12.1 Å². The van der Waals surface area contributed by atoms with Crippen LogP contribution >= 0.6 is 0 Å². The van der Waals surface area contributed by atoms with E-state index in [1.807, 2.05) is 12.1 Å². The highest BCUT2D eigenvalue weighted by Crippen LogP contribution is 2.26. The molecule has 4 N–H and O–H groups in total. The molecular formula is C11H16N2O3. The maximum Gasteiger partial charge on any atom is 0.322 e. The third-order valence-corrected chi connectivity index (χ3v) is 2.43. The molecular weight excluding hydrogens is 208 g/mol. The quantitative estimate of drug-likeness (QED) is 0.672. The number of hydrogen-bond donors (Lipinski definition) is 3. The van der Waals surface area contributed by atoms with Gasteiger partial charge in [-0.3, -0.25) is 4.79 Å². The molecule has 0 saturated heterocycles. The lowest BCUT2D eigenvalue weighted by Crippen LogP contribution is -2.42. The van der Waals surface area contributed by atoms with Crippen LogP contribution < -0.4 is 15.8 Å². The number of methoxy groups -OCH3 is 1. The van der Waals surface area contributed by atoms with Crippen LogP contribution in [-0.2, 0) is 4.79 Å². The lowest BCUT2D eigenvalue weighted by atomic mass is 9.99. The summed E-state index contributed by atoms with van der Waals surface area (Å²) in [6.07, 6.45) is 0. The average molecular weight is 224 g/mol. The van der Waals surface area contributed by atoms with Crippen molar-refractivity contribution in [3.8, 4) is 5.75 Å². The minimum atomic E-state index is -1.05. The van der Waals surface area contributed by atoms with Crippen LogP contribution in [0.25, 0.3) is 0 Å². The summed E-state index contributed by atoms with van der Waals surface area (Å²) in [7, 11) is 3.21. The molecule has 0 heterocycles. The predicted octanol–water partition coefficient (Wildman–Crippen LogP) is 0.368. The average Bonchev–Trinajstić information content (AvgIpc) is 2.30. The van der Waals surface area contributed by atoms with Crippen molar-refractivity contribution in [3.63, 3.8) is 0 Å². The first-order valence-corrected chi connectivity index (χ1v) is 4.90. The van der Waals surface area contributed by atoms with Crippen molar-refractivity contribution in [1.82, 2.24) is 5.32 Å². The standard InChI is InChI=1S/C11H16N2O3/c1-13-10(9(12)11(14)15)7-5-3-4-6-8(7)16-2/h3-6,9-10,13H,12H2,1-2H3,(H,14,15). The van der Waals surface area contributed by atoms with E-state index in [9.17, 15) is 4.79 Å². The monoisotopic (exact) mass is 224 g/mol.